The van der Waals surface area contributed by atoms with E-state index in [-0.39, 0.29) is 6.04 Å². The molecule has 0 saturated carbocycles. The van der Waals surface area contributed by atoms with Gasteiger partial charge in [0.05, 0.1) is 24.3 Å². The van der Waals surface area contributed by atoms with Gasteiger partial charge in [0, 0.05) is 24.3 Å². The molecule has 2 aromatic rings. The molecule has 2 rings (SSSR count). The van der Waals surface area contributed by atoms with E-state index in [0.29, 0.717) is 11.6 Å². The smallest absolute Gasteiger partial charge is 0.0946 e. The van der Waals surface area contributed by atoms with Crippen molar-refractivity contribution in [3.05, 3.63) is 47.5 Å². The van der Waals surface area contributed by atoms with E-state index in [1.807, 2.05) is 42.1 Å². The third-order valence-electron chi connectivity index (χ3n) is 2.61. The summed E-state index contributed by atoms with van der Waals surface area (Å²) >= 11 is 5.94. The molecule has 5 heteroatoms. The molecule has 0 fully saturated rings. The lowest BCUT2D eigenvalue weighted by atomic mass is 10.2. The lowest BCUT2D eigenvalue weighted by Crippen LogP contribution is -2.22. The summed E-state index contributed by atoms with van der Waals surface area (Å²) in [7, 11) is 1.95. The molecule has 1 heterocycles. The maximum atomic E-state index is 5.94. The van der Waals surface area contributed by atoms with Crippen molar-refractivity contribution < 1.29 is 0 Å². The highest BCUT2D eigenvalue weighted by Crippen LogP contribution is 2.20. The molecule has 0 saturated heterocycles. The number of imidazole rings is 1. The molecule has 90 valence electrons. The van der Waals surface area contributed by atoms with Crippen LogP contribution in [0.4, 0.5) is 5.69 Å². The van der Waals surface area contributed by atoms with Crippen molar-refractivity contribution in [1.29, 1.82) is 0 Å². The molecular weight excluding hydrogens is 236 g/mol. The lowest BCUT2D eigenvalue weighted by molar-refractivity contribution is 0.706. The predicted molar refractivity (Wildman–Crippen MR) is 70.1 cm³/mol. The van der Waals surface area contributed by atoms with Crippen molar-refractivity contribution in [3.63, 3.8) is 0 Å². The molecule has 1 unspecified atom stereocenters. The lowest BCUT2D eigenvalue weighted by Gasteiger charge is -2.18. The van der Waals surface area contributed by atoms with Crippen LogP contribution < -0.4 is 11.1 Å². The second-order valence-electron chi connectivity index (χ2n) is 3.87. The Morgan fingerprint density at radius 1 is 1.53 bits per heavy atom. The van der Waals surface area contributed by atoms with Crippen LogP contribution >= 0.6 is 11.6 Å². The fourth-order valence-electron chi connectivity index (χ4n) is 1.74. The number of rotatable bonds is 4. The van der Waals surface area contributed by atoms with Gasteiger partial charge in [0.1, 0.15) is 0 Å². The summed E-state index contributed by atoms with van der Waals surface area (Å²) in [5, 5.41) is 4.05. The van der Waals surface area contributed by atoms with Gasteiger partial charge in [0.2, 0.25) is 0 Å². The molecule has 1 aromatic heterocycles. The number of benzene rings is 1. The van der Waals surface area contributed by atoms with Gasteiger partial charge < -0.3 is 15.6 Å². The van der Waals surface area contributed by atoms with Crippen LogP contribution in [0.15, 0.2) is 36.8 Å². The number of nitrogens with one attached hydrogen (secondary N) is 1. The Bertz CT molecular complexity index is 495. The Hall–Kier alpha value is -1.52. The van der Waals surface area contributed by atoms with Gasteiger partial charge >= 0.3 is 0 Å². The Labute approximate surface area is 105 Å². The molecule has 0 bridgehead atoms. The molecule has 0 amide bonds. The van der Waals surface area contributed by atoms with E-state index in [0.717, 1.165) is 11.4 Å². The Balaban J connectivity index is 2.19. The number of halogens is 1. The zero-order valence-electron chi connectivity index (χ0n) is 9.60. The maximum absolute atomic E-state index is 5.94. The zero-order chi connectivity index (χ0) is 12.3. The van der Waals surface area contributed by atoms with Gasteiger partial charge in [-0.2, -0.15) is 0 Å². The number of hydrogen-bond donors (Lipinski definition) is 2. The minimum Gasteiger partial charge on any atom is -0.375 e. The molecule has 0 aliphatic carbocycles. The first kappa shape index (κ1) is 12.0. The van der Waals surface area contributed by atoms with E-state index in [1.54, 1.807) is 6.33 Å². The number of anilines is 1. The van der Waals surface area contributed by atoms with Gasteiger partial charge in [0.25, 0.3) is 0 Å². The highest BCUT2D eigenvalue weighted by molar-refractivity contribution is 6.30. The standard InChI is InChI=1S/C12H15ClN4/c1-17-8-15-7-12(17)11(6-14)16-10-4-2-3-9(13)5-10/h2-5,7-8,11,16H,6,14H2,1H3. The quantitative estimate of drug-likeness (QED) is 0.875. The van der Waals surface area contributed by atoms with Gasteiger partial charge in [-0.25, -0.2) is 4.98 Å². The summed E-state index contributed by atoms with van der Waals surface area (Å²) in [4.78, 5) is 4.09. The third-order valence-corrected chi connectivity index (χ3v) is 2.85. The van der Waals surface area contributed by atoms with E-state index < -0.39 is 0 Å². The highest BCUT2D eigenvalue weighted by Gasteiger charge is 2.12. The minimum absolute atomic E-state index is 0.0287. The first-order valence-corrected chi connectivity index (χ1v) is 5.77. The largest absolute Gasteiger partial charge is 0.375 e. The van der Waals surface area contributed by atoms with E-state index in [1.165, 1.54) is 0 Å². The summed E-state index contributed by atoms with van der Waals surface area (Å²) in [6, 6.07) is 7.61. The Kier molecular flexibility index (Phi) is 3.66. The van der Waals surface area contributed by atoms with Gasteiger partial charge in [-0.15, -0.1) is 0 Å². The fraction of sp³-hybridized carbons (Fsp3) is 0.250. The van der Waals surface area contributed by atoms with Crippen LogP contribution in [0.25, 0.3) is 0 Å². The van der Waals surface area contributed by atoms with E-state index in [4.69, 9.17) is 17.3 Å². The predicted octanol–water partition coefficient (Wildman–Crippen LogP) is 2.19. The van der Waals surface area contributed by atoms with Crippen LogP contribution in [-0.4, -0.2) is 16.1 Å². The summed E-state index contributed by atoms with van der Waals surface area (Å²) in [5.74, 6) is 0. The zero-order valence-corrected chi connectivity index (χ0v) is 10.4. The Morgan fingerprint density at radius 3 is 2.94 bits per heavy atom. The van der Waals surface area contributed by atoms with Gasteiger partial charge in [-0.3, -0.25) is 0 Å². The number of aryl methyl sites for hydroxylation is 1. The second-order valence-corrected chi connectivity index (χ2v) is 4.31. The summed E-state index contributed by atoms with van der Waals surface area (Å²) in [6.07, 6.45) is 3.58. The number of aromatic nitrogens is 2. The first-order valence-electron chi connectivity index (χ1n) is 5.39. The average molecular weight is 251 g/mol. The number of nitrogens with zero attached hydrogens (tertiary/aromatic N) is 2. The Morgan fingerprint density at radius 2 is 2.35 bits per heavy atom. The second kappa shape index (κ2) is 5.21. The van der Waals surface area contributed by atoms with Crippen LogP contribution in [0.2, 0.25) is 5.02 Å². The van der Waals surface area contributed by atoms with Crippen molar-refractivity contribution in [1.82, 2.24) is 9.55 Å². The number of nitrogens with two attached hydrogens (primary N) is 1. The fourth-order valence-corrected chi connectivity index (χ4v) is 1.93. The van der Waals surface area contributed by atoms with Gasteiger partial charge in [-0.1, -0.05) is 17.7 Å². The first-order chi connectivity index (χ1) is 8.20. The number of hydrogen-bond acceptors (Lipinski definition) is 3. The van der Waals surface area contributed by atoms with Crippen molar-refractivity contribution in [2.24, 2.45) is 12.8 Å². The molecular formula is C12H15ClN4. The third kappa shape index (κ3) is 2.78. The van der Waals surface area contributed by atoms with E-state index >= 15 is 0 Å². The minimum atomic E-state index is 0.0287. The molecule has 3 N–H and O–H groups in total. The molecule has 0 aliphatic rings. The van der Waals surface area contributed by atoms with E-state index in [2.05, 4.69) is 10.3 Å². The molecule has 0 aliphatic heterocycles. The van der Waals surface area contributed by atoms with Crippen molar-refractivity contribution in [2.75, 3.05) is 11.9 Å². The molecule has 1 atom stereocenters. The van der Waals surface area contributed by atoms with Crippen LogP contribution in [0, 0.1) is 0 Å². The van der Waals surface area contributed by atoms with Gasteiger partial charge in [-0.05, 0) is 18.2 Å². The van der Waals surface area contributed by atoms with Crippen molar-refractivity contribution >= 4 is 17.3 Å². The summed E-state index contributed by atoms with van der Waals surface area (Å²) in [5.41, 5.74) is 7.78. The van der Waals surface area contributed by atoms with Crippen molar-refractivity contribution in [3.8, 4) is 0 Å². The molecule has 17 heavy (non-hydrogen) atoms. The highest BCUT2D eigenvalue weighted by atomic mass is 35.5. The normalized spacial score (nSPS) is 12.4. The van der Waals surface area contributed by atoms with Crippen LogP contribution in [0.1, 0.15) is 11.7 Å². The summed E-state index contributed by atoms with van der Waals surface area (Å²) < 4.78 is 1.95. The van der Waals surface area contributed by atoms with Crippen LogP contribution in [0.5, 0.6) is 0 Å². The summed E-state index contributed by atoms with van der Waals surface area (Å²) in [6.45, 7) is 0.492. The average Bonchev–Trinajstić information content (AvgIpc) is 2.72. The molecule has 0 spiro atoms. The van der Waals surface area contributed by atoms with Crippen LogP contribution in [0.3, 0.4) is 0 Å². The van der Waals surface area contributed by atoms with Crippen molar-refractivity contribution in [2.45, 2.75) is 6.04 Å². The van der Waals surface area contributed by atoms with Gasteiger partial charge in [0.15, 0.2) is 0 Å². The topological polar surface area (TPSA) is 55.9 Å². The maximum Gasteiger partial charge on any atom is 0.0946 e. The van der Waals surface area contributed by atoms with Crippen LogP contribution in [-0.2, 0) is 7.05 Å². The van der Waals surface area contributed by atoms with E-state index in [9.17, 15) is 0 Å². The monoisotopic (exact) mass is 250 g/mol. The molecule has 1 aromatic carbocycles. The SMILES string of the molecule is Cn1cncc1C(CN)Nc1cccc(Cl)c1. The molecule has 4 nitrogen and oxygen atoms in total. The molecule has 0 radical (unpaired) electrons.